The molecule has 0 saturated carbocycles. The third kappa shape index (κ3) is 3.66. The van der Waals surface area contributed by atoms with Gasteiger partial charge in [-0.15, -0.1) is 0 Å². The van der Waals surface area contributed by atoms with E-state index in [4.69, 9.17) is 0 Å². The Hall–Kier alpha value is -2.18. The highest BCUT2D eigenvalue weighted by Gasteiger charge is 2.37. The third-order valence-electron chi connectivity index (χ3n) is 4.74. The van der Waals surface area contributed by atoms with Gasteiger partial charge >= 0.3 is 0 Å². The summed E-state index contributed by atoms with van der Waals surface area (Å²) in [6, 6.07) is 14.2. The molecule has 6 heteroatoms. The smallest absolute Gasteiger partial charge is 0.243 e. The predicted octanol–water partition coefficient (Wildman–Crippen LogP) is 2.81. The number of nitrogens with zero attached hydrogens (tertiary/aromatic N) is 1. The molecule has 1 heterocycles. The molecule has 138 valence electrons. The minimum atomic E-state index is -3.68. The molecule has 1 atom stereocenters. The second-order valence-electron chi connectivity index (χ2n) is 6.55. The van der Waals surface area contributed by atoms with Crippen LogP contribution in [0.15, 0.2) is 53.4 Å². The van der Waals surface area contributed by atoms with Crippen molar-refractivity contribution in [2.45, 2.75) is 37.6 Å². The molecule has 0 radical (unpaired) electrons. The second-order valence-corrected chi connectivity index (χ2v) is 8.44. The highest BCUT2D eigenvalue weighted by atomic mass is 32.2. The molecule has 0 bridgehead atoms. The van der Waals surface area contributed by atoms with E-state index in [2.05, 4.69) is 5.32 Å². The minimum Gasteiger partial charge on any atom is -0.356 e. The Morgan fingerprint density at radius 2 is 1.85 bits per heavy atom. The highest BCUT2D eigenvalue weighted by Crippen LogP contribution is 2.36. The van der Waals surface area contributed by atoms with E-state index < -0.39 is 16.1 Å². The highest BCUT2D eigenvalue weighted by molar-refractivity contribution is 7.89. The molecule has 2 aromatic carbocycles. The lowest BCUT2D eigenvalue weighted by Gasteiger charge is -2.36. The third-order valence-corrected chi connectivity index (χ3v) is 6.67. The van der Waals surface area contributed by atoms with E-state index in [0.717, 1.165) is 16.7 Å². The van der Waals surface area contributed by atoms with Crippen molar-refractivity contribution in [2.75, 3.05) is 13.1 Å². The van der Waals surface area contributed by atoms with E-state index in [-0.39, 0.29) is 17.2 Å². The number of carbonyl (C=O) groups is 1. The lowest BCUT2D eigenvalue weighted by molar-refractivity contribution is -0.121. The summed E-state index contributed by atoms with van der Waals surface area (Å²) >= 11 is 0. The molecular weight excluding hydrogens is 348 g/mol. The fourth-order valence-corrected chi connectivity index (χ4v) is 5.02. The van der Waals surface area contributed by atoms with Gasteiger partial charge in [-0.1, -0.05) is 42.0 Å². The molecule has 0 fully saturated rings. The molecule has 1 N–H and O–H groups in total. The van der Waals surface area contributed by atoms with Crippen molar-refractivity contribution in [1.82, 2.24) is 9.62 Å². The van der Waals surface area contributed by atoms with Crippen LogP contribution < -0.4 is 5.32 Å². The average Bonchev–Trinajstić information content (AvgIpc) is 2.62. The van der Waals surface area contributed by atoms with Crippen LogP contribution in [-0.4, -0.2) is 31.7 Å². The summed E-state index contributed by atoms with van der Waals surface area (Å²) in [5.74, 6) is -0.140. The first-order valence-electron chi connectivity index (χ1n) is 8.86. The number of nitrogens with one attached hydrogen (secondary N) is 1. The first-order valence-corrected chi connectivity index (χ1v) is 10.3. The number of hydrogen-bond donors (Lipinski definition) is 1. The molecule has 2 aromatic rings. The van der Waals surface area contributed by atoms with Gasteiger partial charge in [0.2, 0.25) is 15.9 Å². The summed E-state index contributed by atoms with van der Waals surface area (Å²) in [4.78, 5) is 12.5. The van der Waals surface area contributed by atoms with Gasteiger partial charge in [0.05, 0.1) is 10.9 Å². The molecule has 0 aromatic heterocycles. The zero-order valence-corrected chi connectivity index (χ0v) is 15.9. The Balaban J connectivity index is 2.01. The Morgan fingerprint density at radius 3 is 2.54 bits per heavy atom. The van der Waals surface area contributed by atoms with E-state index in [0.29, 0.717) is 19.5 Å². The molecule has 1 aliphatic rings. The summed E-state index contributed by atoms with van der Waals surface area (Å²) in [6.45, 7) is 4.67. The van der Waals surface area contributed by atoms with E-state index in [1.54, 1.807) is 24.3 Å². The molecule has 5 nitrogen and oxygen atoms in total. The van der Waals surface area contributed by atoms with Gasteiger partial charge in [-0.3, -0.25) is 4.79 Å². The van der Waals surface area contributed by atoms with Crippen molar-refractivity contribution in [1.29, 1.82) is 0 Å². The van der Waals surface area contributed by atoms with Gasteiger partial charge in [-0.2, -0.15) is 4.31 Å². The number of carbonyl (C=O) groups excluding carboxylic acids is 1. The molecule has 1 aliphatic heterocycles. The zero-order valence-electron chi connectivity index (χ0n) is 15.1. The van der Waals surface area contributed by atoms with Gasteiger partial charge in [0, 0.05) is 19.5 Å². The van der Waals surface area contributed by atoms with Gasteiger partial charge < -0.3 is 5.32 Å². The second kappa shape index (κ2) is 7.60. The first kappa shape index (κ1) is 18.6. The van der Waals surface area contributed by atoms with Crippen molar-refractivity contribution in [2.24, 2.45) is 0 Å². The van der Waals surface area contributed by atoms with E-state index in [9.17, 15) is 13.2 Å². The van der Waals surface area contributed by atoms with E-state index in [1.807, 2.05) is 38.1 Å². The number of aryl methyl sites for hydroxylation is 1. The van der Waals surface area contributed by atoms with Crippen LogP contribution in [0.3, 0.4) is 0 Å². The summed E-state index contributed by atoms with van der Waals surface area (Å²) in [6.07, 6.45) is 0.767. The van der Waals surface area contributed by atoms with E-state index in [1.165, 1.54) is 4.31 Å². The Bertz CT molecular complexity index is 892. The molecule has 1 unspecified atom stereocenters. The minimum absolute atomic E-state index is 0.121. The number of fused-ring (bicyclic) bond motifs is 1. The van der Waals surface area contributed by atoms with Gasteiger partial charge in [0.15, 0.2) is 0 Å². The summed E-state index contributed by atoms with van der Waals surface area (Å²) in [7, 11) is -3.68. The number of hydrogen-bond acceptors (Lipinski definition) is 3. The van der Waals surface area contributed by atoms with Gasteiger partial charge in [0.1, 0.15) is 0 Å². The standard InChI is InChI=1S/C20H24N2O3S/c1-3-21-20(23)14-19-18-7-5-4-6-16(18)12-13-22(19)26(24,25)17-10-8-15(2)9-11-17/h4-11,19H,3,12-14H2,1-2H3,(H,21,23). The van der Waals surface area contributed by atoms with Crippen molar-refractivity contribution < 1.29 is 13.2 Å². The maximum Gasteiger partial charge on any atom is 0.243 e. The summed E-state index contributed by atoms with van der Waals surface area (Å²) in [5, 5.41) is 2.78. The van der Waals surface area contributed by atoms with Crippen LogP contribution in [0.4, 0.5) is 0 Å². The lowest BCUT2D eigenvalue weighted by atomic mass is 9.92. The van der Waals surface area contributed by atoms with Crippen LogP contribution in [-0.2, 0) is 21.2 Å². The maximum atomic E-state index is 13.3. The zero-order chi connectivity index (χ0) is 18.7. The topological polar surface area (TPSA) is 66.5 Å². The molecule has 0 spiro atoms. The molecule has 1 amide bonds. The van der Waals surface area contributed by atoms with Gasteiger partial charge in [-0.25, -0.2) is 8.42 Å². The predicted molar refractivity (Wildman–Crippen MR) is 101 cm³/mol. The number of sulfonamides is 1. The Labute approximate surface area is 155 Å². The van der Waals surface area contributed by atoms with Crippen LogP contribution >= 0.6 is 0 Å². The normalized spacial score (nSPS) is 17.5. The number of amides is 1. The van der Waals surface area contributed by atoms with Crippen LogP contribution in [0.5, 0.6) is 0 Å². The van der Waals surface area contributed by atoms with Crippen LogP contribution in [0.1, 0.15) is 36.1 Å². The van der Waals surface area contributed by atoms with Crippen LogP contribution in [0.2, 0.25) is 0 Å². The maximum absolute atomic E-state index is 13.3. The first-order chi connectivity index (χ1) is 12.4. The Kier molecular flexibility index (Phi) is 5.44. The molecule has 0 saturated heterocycles. The van der Waals surface area contributed by atoms with E-state index >= 15 is 0 Å². The van der Waals surface area contributed by atoms with Crippen molar-refractivity contribution in [3.8, 4) is 0 Å². The summed E-state index contributed by atoms with van der Waals surface area (Å²) < 4.78 is 28.0. The Morgan fingerprint density at radius 1 is 1.15 bits per heavy atom. The quantitative estimate of drug-likeness (QED) is 0.878. The number of benzene rings is 2. The molecular formula is C20H24N2O3S. The summed E-state index contributed by atoms with van der Waals surface area (Å²) in [5.41, 5.74) is 3.03. The monoisotopic (exact) mass is 372 g/mol. The van der Waals surface area contributed by atoms with Gasteiger partial charge in [0.25, 0.3) is 0 Å². The van der Waals surface area contributed by atoms with Crippen LogP contribution in [0.25, 0.3) is 0 Å². The molecule has 26 heavy (non-hydrogen) atoms. The fourth-order valence-electron chi connectivity index (χ4n) is 3.42. The average molecular weight is 372 g/mol. The fraction of sp³-hybridized carbons (Fsp3) is 0.350. The largest absolute Gasteiger partial charge is 0.356 e. The van der Waals surface area contributed by atoms with Crippen molar-refractivity contribution >= 4 is 15.9 Å². The van der Waals surface area contributed by atoms with Crippen molar-refractivity contribution in [3.05, 3.63) is 65.2 Å². The van der Waals surface area contributed by atoms with Gasteiger partial charge in [-0.05, 0) is 43.5 Å². The molecule has 0 aliphatic carbocycles. The lowest BCUT2D eigenvalue weighted by Crippen LogP contribution is -2.42. The van der Waals surface area contributed by atoms with Crippen LogP contribution in [0, 0.1) is 6.92 Å². The molecule has 3 rings (SSSR count). The van der Waals surface area contributed by atoms with Crippen molar-refractivity contribution in [3.63, 3.8) is 0 Å². The SMILES string of the molecule is CCNC(=O)CC1c2ccccc2CCN1S(=O)(=O)c1ccc(C)cc1. The number of rotatable bonds is 5.